The molecule has 0 aliphatic carbocycles. The summed E-state index contributed by atoms with van der Waals surface area (Å²) in [6.45, 7) is 8.30. The van der Waals surface area contributed by atoms with Crippen molar-refractivity contribution >= 4 is 11.8 Å². The summed E-state index contributed by atoms with van der Waals surface area (Å²) < 4.78 is 17.0. The minimum Gasteiger partial charge on any atom is -0.472 e. The van der Waals surface area contributed by atoms with Crippen molar-refractivity contribution in [3.05, 3.63) is 47.2 Å². The van der Waals surface area contributed by atoms with Crippen molar-refractivity contribution in [1.82, 2.24) is 14.8 Å². The average Bonchev–Trinajstić information content (AvgIpc) is 3.36. The van der Waals surface area contributed by atoms with E-state index in [0.717, 1.165) is 0 Å². The Morgan fingerprint density at radius 3 is 2.73 bits per heavy atom. The smallest absolute Gasteiger partial charge is 0.259 e. The quantitative estimate of drug-likeness (QED) is 0.621. The average molecular weight is 508 g/mol. The fraction of sp³-hybridized carbons (Fsp3) is 0.464. The first-order chi connectivity index (χ1) is 17.7. The van der Waals surface area contributed by atoms with Gasteiger partial charge in [-0.1, -0.05) is 32.6 Å². The summed E-state index contributed by atoms with van der Waals surface area (Å²) in [5.41, 5.74) is 1.38. The van der Waals surface area contributed by atoms with Crippen LogP contribution in [0, 0.1) is 23.7 Å². The van der Waals surface area contributed by atoms with Gasteiger partial charge in [-0.05, 0) is 31.2 Å². The Hall–Kier alpha value is -3.77. The maximum atomic E-state index is 13.5. The maximum Gasteiger partial charge on any atom is 0.259 e. The number of amides is 2. The van der Waals surface area contributed by atoms with Gasteiger partial charge in [-0.3, -0.25) is 9.59 Å². The number of aliphatic hydroxyl groups is 1. The van der Waals surface area contributed by atoms with Gasteiger partial charge in [-0.15, -0.1) is 0 Å². The molecule has 9 heteroatoms. The molecule has 9 nitrogen and oxygen atoms in total. The Morgan fingerprint density at radius 2 is 2.00 bits per heavy atom. The Balaban J connectivity index is 1.62. The minimum absolute atomic E-state index is 0.134. The van der Waals surface area contributed by atoms with E-state index in [1.807, 2.05) is 20.8 Å². The van der Waals surface area contributed by atoms with Gasteiger partial charge in [-0.25, -0.2) is 4.98 Å². The van der Waals surface area contributed by atoms with Crippen LogP contribution in [-0.4, -0.2) is 77.4 Å². The lowest BCUT2D eigenvalue weighted by atomic mass is 9.99. The van der Waals surface area contributed by atoms with Crippen LogP contribution in [0.15, 0.2) is 30.5 Å². The number of hydrogen-bond acceptors (Lipinski definition) is 7. The van der Waals surface area contributed by atoms with Crippen LogP contribution in [0.5, 0.6) is 17.4 Å². The van der Waals surface area contributed by atoms with Crippen molar-refractivity contribution in [3.63, 3.8) is 0 Å². The molecule has 0 saturated heterocycles. The van der Waals surface area contributed by atoms with Crippen molar-refractivity contribution in [2.45, 2.75) is 39.8 Å². The maximum absolute atomic E-state index is 13.5. The third-order valence-corrected chi connectivity index (χ3v) is 6.45. The van der Waals surface area contributed by atoms with Gasteiger partial charge in [-0.2, -0.15) is 0 Å². The third kappa shape index (κ3) is 5.81. The van der Waals surface area contributed by atoms with Gasteiger partial charge in [0.25, 0.3) is 11.8 Å². The minimum atomic E-state index is -0.455. The molecule has 0 unspecified atom stereocenters. The lowest BCUT2D eigenvalue weighted by molar-refractivity contribution is 0.0313. The molecule has 0 spiro atoms. The molecule has 0 bridgehead atoms. The highest BCUT2D eigenvalue weighted by molar-refractivity contribution is 5.97. The first kappa shape index (κ1) is 26.3. The van der Waals surface area contributed by atoms with Crippen molar-refractivity contribution < 1.29 is 28.9 Å². The SMILES string of the molecule is CC(C)C#Cc1cnc2c(c1)C(=O)N([C@@H](C)CO)C[C@@H](C)[C@@H](CN(C)C(=O)c1ccc3c(c1)OCO3)O2. The molecule has 1 aromatic carbocycles. The Morgan fingerprint density at radius 1 is 1.24 bits per heavy atom. The number of likely N-dealkylation sites (N-methyl/N-ethyl adjacent to an activating group) is 1. The van der Waals surface area contributed by atoms with E-state index in [4.69, 9.17) is 14.2 Å². The molecular weight excluding hydrogens is 474 g/mol. The Bertz CT molecular complexity index is 1230. The lowest BCUT2D eigenvalue weighted by Gasteiger charge is -2.37. The summed E-state index contributed by atoms with van der Waals surface area (Å²) >= 11 is 0. The van der Waals surface area contributed by atoms with E-state index in [1.165, 1.54) is 0 Å². The number of fused-ring (bicyclic) bond motifs is 2. The number of rotatable bonds is 5. The van der Waals surface area contributed by atoms with E-state index in [9.17, 15) is 14.7 Å². The number of hydrogen-bond donors (Lipinski definition) is 1. The molecule has 2 aromatic rings. The highest BCUT2D eigenvalue weighted by Crippen LogP contribution is 2.33. The molecule has 196 valence electrons. The second-order valence-electron chi connectivity index (χ2n) is 9.88. The normalized spacial score (nSPS) is 19.2. The second kappa shape index (κ2) is 11.1. The van der Waals surface area contributed by atoms with Crippen LogP contribution in [-0.2, 0) is 0 Å². The van der Waals surface area contributed by atoms with E-state index in [2.05, 4.69) is 16.8 Å². The Kier molecular flexibility index (Phi) is 7.89. The summed E-state index contributed by atoms with van der Waals surface area (Å²) in [7, 11) is 1.71. The molecule has 3 atom stereocenters. The molecule has 1 aromatic heterocycles. The van der Waals surface area contributed by atoms with Crippen LogP contribution in [0.4, 0.5) is 0 Å². The summed E-state index contributed by atoms with van der Waals surface area (Å²) in [4.78, 5) is 34.4. The topological polar surface area (TPSA) is 101 Å². The van der Waals surface area contributed by atoms with E-state index < -0.39 is 12.1 Å². The zero-order valence-corrected chi connectivity index (χ0v) is 21.9. The van der Waals surface area contributed by atoms with Crippen molar-refractivity contribution in [2.24, 2.45) is 11.8 Å². The van der Waals surface area contributed by atoms with Gasteiger partial charge in [0.1, 0.15) is 11.7 Å². The number of carbonyl (C=O) groups excluding carboxylic acids is 2. The van der Waals surface area contributed by atoms with Crippen LogP contribution in [0.1, 0.15) is 54.0 Å². The van der Waals surface area contributed by atoms with Crippen LogP contribution in [0.2, 0.25) is 0 Å². The van der Waals surface area contributed by atoms with Crippen LogP contribution < -0.4 is 14.2 Å². The van der Waals surface area contributed by atoms with Gasteiger partial charge in [0, 0.05) is 42.8 Å². The second-order valence-corrected chi connectivity index (χ2v) is 9.88. The summed E-state index contributed by atoms with van der Waals surface area (Å²) in [6.07, 6.45) is 1.13. The fourth-order valence-electron chi connectivity index (χ4n) is 4.22. The van der Waals surface area contributed by atoms with Crippen molar-refractivity contribution in [1.29, 1.82) is 0 Å². The summed E-state index contributed by atoms with van der Waals surface area (Å²) in [5.74, 6) is 7.03. The molecule has 0 saturated carbocycles. The first-order valence-electron chi connectivity index (χ1n) is 12.4. The standard InChI is InChI=1S/C28H33N3O6/c1-17(2)6-7-20-10-22-26(29-12-20)37-25(18(3)13-31(28(22)34)19(4)15-32)14-30(5)27(33)21-8-9-23-24(11-21)36-16-35-23/h8-12,17-19,25,32H,13-16H2,1-5H3/t18-,19+,25-/m1/s1. The van der Waals surface area contributed by atoms with Gasteiger partial charge in [0.15, 0.2) is 11.5 Å². The predicted molar refractivity (Wildman–Crippen MR) is 137 cm³/mol. The molecule has 2 aliphatic rings. The number of ether oxygens (including phenoxy) is 3. The molecular formula is C28H33N3O6. The van der Waals surface area contributed by atoms with Crippen LogP contribution in [0.3, 0.4) is 0 Å². The molecule has 3 heterocycles. The van der Waals surface area contributed by atoms with Gasteiger partial charge >= 0.3 is 0 Å². The molecule has 4 rings (SSSR count). The highest BCUT2D eigenvalue weighted by Gasteiger charge is 2.35. The third-order valence-electron chi connectivity index (χ3n) is 6.45. The zero-order valence-electron chi connectivity index (χ0n) is 21.9. The number of benzene rings is 1. The number of nitrogens with zero attached hydrogens (tertiary/aromatic N) is 3. The molecule has 0 radical (unpaired) electrons. The Labute approximate surface area is 217 Å². The number of aliphatic hydroxyl groups excluding tert-OH is 1. The van der Waals surface area contributed by atoms with E-state index in [-0.39, 0.29) is 55.0 Å². The molecule has 2 aliphatic heterocycles. The van der Waals surface area contributed by atoms with Crippen LogP contribution in [0.25, 0.3) is 0 Å². The monoisotopic (exact) mass is 507 g/mol. The van der Waals surface area contributed by atoms with Gasteiger partial charge < -0.3 is 29.1 Å². The largest absolute Gasteiger partial charge is 0.472 e. The number of aromatic nitrogens is 1. The van der Waals surface area contributed by atoms with E-state index >= 15 is 0 Å². The lowest BCUT2D eigenvalue weighted by Crippen LogP contribution is -2.50. The number of carbonyl (C=O) groups is 2. The van der Waals surface area contributed by atoms with Gasteiger partial charge in [0.2, 0.25) is 12.7 Å². The zero-order chi connectivity index (χ0) is 26.7. The van der Waals surface area contributed by atoms with Gasteiger partial charge in [0.05, 0.1) is 19.2 Å². The predicted octanol–water partition coefficient (Wildman–Crippen LogP) is 2.81. The summed E-state index contributed by atoms with van der Waals surface area (Å²) in [5, 5.41) is 9.84. The van der Waals surface area contributed by atoms with Crippen molar-refractivity contribution in [3.8, 4) is 29.2 Å². The molecule has 0 fully saturated rings. The summed E-state index contributed by atoms with van der Waals surface area (Å²) in [6, 6.07) is 6.38. The fourth-order valence-corrected chi connectivity index (χ4v) is 4.22. The van der Waals surface area contributed by atoms with Crippen molar-refractivity contribution in [2.75, 3.05) is 33.5 Å². The highest BCUT2D eigenvalue weighted by atomic mass is 16.7. The number of pyridine rings is 1. The van der Waals surface area contributed by atoms with Crippen LogP contribution >= 0.6 is 0 Å². The molecule has 2 amide bonds. The molecule has 37 heavy (non-hydrogen) atoms. The van der Waals surface area contributed by atoms with E-state index in [0.29, 0.717) is 29.2 Å². The molecule has 1 N–H and O–H groups in total. The van der Waals surface area contributed by atoms with E-state index in [1.54, 1.807) is 54.2 Å². The first-order valence-corrected chi connectivity index (χ1v) is 12.4.